The normalized spacial score (nSPS) is 11.8. The van der Waals surface area contributed by atoms with Crippen LogP contribution in [0, 0.1) is 6.92 Å². The van der Waals surface area contributed by atoms with Crippen molar-refractivity contribution in [2.45, 2.75) is 13.0 Å². The lowest BCUT2D eigenvalue weighted by molar-refractivity contribution is -0.139. The summed E-state index contributed by atoms with van der Waals surface area (Å²) >= 11 is 2.60. The number of thiazole rings is 1. The summed E-state index contributed by atoms with van der Waals surface area (Å²) in [5.41, 5.74) is 0. The number of anilines is 1. The number of amides is 2. The molecule has 0 aromatic carbocycles. The smallest absolute Gasteiger partial charge is 0.331 e. The van der Waals surface area contributed by atoms with Crippen LogP contribution in [0.4, 0.5) is 9.93 Å². The van der Waals surface area contributed by atoms with E-state index in [1.54, 1.807) is 23.7 Å². The molecule has 1 unspecified atom stereocenters. The van der Waals surface area contributed by atoms with Crippen LogP contribution in [-0.2, 0) is 4.79 Å². The predicted octanol–water partition coefficient (Wildman–Crippen LogP) is 2.46. The van der Waals surface area contributed by atoms with Gasteiger partial charge in [0.25, 0.3) is 0 Å². The molecule has 0 radical (unpaired) electrons. The number of carboxylic acids is 1. The predicted molar refractivity (Wildman–Crippen MR) is 73.7 cm³/mol. The SMILES string of the molecule is Cc1cnc(NC(=O)NC(C(=O)O)c2cccs2)s1. The van der Waals surface area contributed by atoms with Crippen molar-refractivity contribution in [3.8, 4) is 0 Å². The van der Waals surface area contributed by atoms with E-state index in [4.69, 9.17) is 5.11 Å². The summed E-state index contributed by atoms with van der Waals surface area (Å²) in [5.74, 6) is -1.10. The molecular weight excluding hydrogens is 286 g/mol. The van der Waals surface area contributed by atoms with Crippen LogP contribution in [0.3, 0.4) is 0 Å². The highest BCUT2D eigenvalue weighted by atomic mass is 32.1. The first-order valence-electron chi connectivity index (χ1n) is 5.32. The van der Waals surface area contributed by atoms with Gasteiger partial charge in [-0.25, -0.2) is 14.6 Å². The van der Waals surface area contributed by atoms with Crippen molar-refractivity contribution in [1.82, 2.24) is 10.3 Å². The number of urea groups is 1. The molecule has 2 aromatic rings. The molecule has 19 heavy (non-hydrogen) atoms. The number of nitrogens with zero attached hydrogens (tertiary/aromatic N) is 1. The molecule has 0 bridgehead atoms. The van der Waals surface area contributed by atoms with E-state index in [1.165, 1.54) is 22.7 Å². The number of carboxylic acid groups (broad SMARTS) is 1. The maximum absolute atomic E-state index is 11.7. The molecular formula is C11H11N3O3S2. The molecule has 1 atom stereocenters. The lowest BCUT2D eigenvalue weighted by Crippen LogP contribution is -2.36. The second kappa shape index (κ2) is 5.81. The number of carbonyl (C=O) groups is 2. The minimum atomic E-state index is -1.10. The standard InChI is InChI=1S/C11H11N3O3S2/c1-6-5-12-11(19-6)14-10(17)13-8(9(15)16)7-3-2-4-18-7/h2-5,8H,1H3,(H,15,16)(H2,12,13,14,17). The molecule has 100 valence electrons. The molecule has 0 fully saturated rings. The van der Waals surface area contributed by atoms with Gasteiger partial charge in [-0.05, 0) is 18.4 Å². The van der Waals surface area contributed by atoms with Gasteiger partial charge in [0.1, 0.15) is 0 Å². The Hall–Kier alpha value is -1.93. The molecule has 0 aliphatic heterocycles. The van der Waals surface area contributed by atoms with Gasteiger partial charge in [0.15, 0.2) is 11.2 Å². The Kier molecular flexibility index (Phi) is 4.13. The van der Waals surface area contributed by atoms with Crippen molar-refractivity contribution in [1.29, 1.82) is 0 Å². The van der Waals surface area contributed by atoms with Crippen LogP contribution in [0.2, 0.25) is 0 Å². The number of nitrogens with one attached hydrogen (secondary N) is 2. The summed E-state index contributed by atoms with van der Waals surface area (Å²) in [6, 6.07) is 1.76. The van der Waals surface area contributed by atoms with Gasteiger partial charge in [-0.2, -0.15) is 0 Å². The van der Waals surface area contributed by atoms with E-state index in [0.717, 1.165) is 4.88 Å². The summed E-state index contributed by atoms with van der Waals surface area (Å²) in [7, 11) is 0. The summed E-state index contributed by atoms with van der Waals surface area (Å²) in [6.07, 6.45) is 1.63. The second-order valence-electron chi connectivity index (χ2n) is 3.66. The lowest BCUT2D eigenvalue weighted by Gasteiger charge is -2.12. The van der Waals surface area contributed by atoms with Crippen LogP contribution < -0.4 is 10.6 Å². The first-order valence-corrected chi connectivity index (χ1v) is 7.02. The molecule has 2 amide bonds. The molecule has 0 aliphatic carbocycles. The van der Waals surface area contributed by atoms with Crippen LogP contribution in [-0.4, -0.2) is 22.1 Å². The number of hydrogen-bond donors (Lipinski definition) is 3. The van der Waals surface area contributed by atoms with E-state index < -0.39 is 18.0 Å². The highest BCUT2D eigenvalue weighted by molar-refractivity contribution is 7.15. The van der Waals surface area contributed by atoms with Gasteiger partial charge in [-0.1, -0.05) is 6.07 Å². The Balaban J connectivity index is 2.02. The molecule has 6 nitrogen and oxygen atoms in total. The van der Waals surface area contributed by atoms with Crippen molar-refractivity contribution in [3.63, 3.8) is 0 Å². The van der Waals surface area contributed by atoms with Crippen molar-refractivity contribution in [2.75, 3.05) is 5.32 Å². The monoisotopic (exact) mass is 297 g/mol. The number of aromatic nitrogens is 1. The number of aliphatic carboxylic acids is 1. The molecule has 2 rings (SSSR count). The second-order valence-corrected chi connectivity index (χ2v) is 5.88. The Morgan fingerprint density at radius 1 is 1.47 bits per heavy atom. The third kappa shape index (κ3) is 3.52. The van der Waals surface area contributed by atoms with Crippen LogP contribution in [0.1, 0.15) is 15.8 Å². The van der Waals surface area contributed by atoms with E-state index in [1.807, 2.05) is 6.92 Å². The van der Waals surface area contributed by atoms with Crippen molar-refractivity contribution < 1.29 is 14.7 Å². The lowest BCUT2D eigenvalue weighted by atomic mass is 10.2. The molecule has 2 heterocycles. The highest BCUT2D eigenvalue weighted by Gasteiger charge is 2.23. The number of carbonyl (C=O) groups excluding carboxylic acids is 1. The van der Waals surface area contributed by atoms with E-state index in [-0.39, 0.29) is 0 Å². The Morgan fingerprint density at radius 2 is 2.26 bits per heavy atom. The molecule has 3 N–H and O–H groups in total. The average molecular weight is 297 g/mol. The van der Waals surface area contributed by atoms with Crippen LogP contribution in [0.15, 0.2) is 23.7 Å². The fraction of sp³-hybridized carbons (Fsp3) is 0.182. The first-order chi connectivity index (χ1) is 9.06. The van der Waals surface area contributed by atoms with Gasteiger partial charge in [0, 0.05) is 16.0 Å². The zero-order valence-corrected chi connectivity index (χ0v) is 11.5. The van der Waals surface area contributed by atoms with E-state index in [9.17, 15) is 9.59 Å². The molecule has 2 aromatic heterocycles. The molecule has 0 saturated heterocycles. The minimum absolute atomic E-state index is 0.435. The van der Waals surface area contributed by atoms with Gasteiger partial charge in [-0.3, -0.25) is 5.32 Å². The van der Waals surface area contributed by atoms with Gasteiger partial charge >= 0.3 is 12.0 Å². The fourth-order valence-electron chi connectivity index (χ4n) is 1.39. The van der Waals surface area contributed by atoms with Crippen LogP contribution in [0.25, 0.3) is 0 Å². The van der Waals surface area contributed by atoms with Crippen LogP contribution >= 0.6 is 22.7 Å². The van der Waals surface area contributed by atoms with E-state index >= 15 is 0 Å². The van der Waals surface area contributed by atoms with Crippen LogP contribution in [0.5, 0.6) is 0 Å². The molecule has 0 saturated carbocycles. The van der Waals surface area contributed by atoms with Gasteiger partial charge in [0.2, 0.25) is 0 Å². The number of rotatable bonds is 4. The highest BCUT2D eigenvalue weighted by Crippen LogP contribution is 2.20. The number of aryl methyl sites for hydroxylation is 1. The van der Waals surface area contributed by atoms with Gasteiger partial charge in [0.05, 0.1) is 0 Å². The Morgan fingerprint density at radius 3 is 2.79 bits per heavy atom. The van der Waals surface area contributed by atoms with Crippen molar-refractivity contribution in [3.05, 3.63) is 33.5 Å². The molecule has 8 heteroatoms. The van der Waals surface area contributed by atoms with E-state index in [0.29, 0.717) is 10.0 Å². The third-order valence-corrected chi connectivity index (χ3v) is 3.96. The van der Waals surface area contributed by atoms with Crippen molar-refractivity contribution in [2.24, 2.45) is 0 Å². The van der Waals surface area contributed by atoms with Crippen molar-refractivity contribution >= 4 is 39.8 Å². The summed E-state index contributed by atoms with van der Waals surface area (Å²) in [4.78, 5) is 28.4. The Labute approximate surface area is 117 Å². The third-order valence-electron chi connectivity index (χ3n) is 2.19. The fourth-order valence-corrected chi connectivity index (χ4v) is 2.81. The zero-order chi connectivity index (χ0) is 13.8. The minimum Gasteiger partial charge on any atom is -0.479 e. The van der Waals surface area contributed by atoms with Gasteiger partial charge < -0.3 is 10.4 Å². The summed E-state index contributed by atoms with van der Waals surface area (Å²) < 4.78 is 0. The maximum atomic E-state index is 11.7. The summed E-state index contributed by atoms with van der Waals surface area (Å²) in [6.45, 7) is 1.87. The molecule has 0 spiro atoms. The largest absolute Gasteiger partial charge is 0.479 e. The molecule has 0 aliphatic rings. The Bertz CT molecular complexity index is 580. The topological polar surface area (TPSA) is 91.3 Å². The zero-order valence-electron chi connectivity index (χ0n) is 9.91. The first kappa shape index (κ1) is 13.5. The number of thiophene rings is 1. The number of hydrogen-bond acceptors (Lipinski definition) is 5. The summed E-state index contributed by atoms with van der Waals surface area (Å²) in [5, 5.41) is 16.2. The van der Waals surface area contributed by atoms with E-state index in [2.05, 4.69) is 15.6 Å². The maximum Gasteiger partial charge on any atom is 0.331 e. The van der Waals surface area contributed by atoms with Gasteiger partial charge in [-0.15, -0.1) is 22.7 Å². The quantitative estimate of drug-likeness (QED) is 0.808. The average Bonchev–Trinajstić information content (AvgIpc) is 2.97.